The number of benzene rings is 2. The molecule has 4 nitrogen and oxygen atoms in total. The second kappa shape index (κ2) is 8.79. The van der Waals surface area contributed by atoms with Gasteiger partial charge in [0, 0.05) is 26.1 Å². The van der Waals surface area contributed by atoms with Crippen molar-refractivity contribution in [3.05, 3.63) is 53.1 Å². The van der Waals surface area contributed by atoms with Crippen LogP contribution in [0.1, 0.15) is 23.6 Å². The van der Waals surface area contributed by atoms with Crippen molar-refractivity contribution in [2.24, 2.45) is 4.99 Å². The van der Waals surface area contributed by atoms with Crippen LogP contribution >= 0.6 is 0 Å². The number of hydrogen-bond acceptors (Lipinski definition) is 3. The number of para-hydroxylation sites is 1. The Morgan fingerprint density at radius 1 is 1.15 bits per heavy atom. The number of halogens is 3. The highest BCUT2D eigenvalue weighted by molar-refractivity contribution is 5.65. The van der Waals surface area contributed by atoms with Crippen molar-refractivity contribution in [1.82, 2.24) is 4.90 Å². The summed E-state index contributed by atoms with van der Waals surface area (Å²) in [7, 11) is 3.45. The van der Waals surface area contributed by atoms with E-state index in [-0.39, 0.29) is 12.2 Å². The van der Waals surface area contributed by atoms with Crippen LogP contribution in [0.25, 0.3) is 0 Å². The molecule has 0 N–H and O–H groups in total. The number of ether oxygens (including phenoxy) is 2. The molecule has 0 heterocycles. The fourth-order valence-corrected chi connectivity index (χ4v) is 2.49. The lowest BCUT2D eigenvalue weighted by Gasteiger charge is -2.16. The first-order valence-corrected chi connectivity index (χ1v) is 8.49. The monoisotopic (exact) mass is 380 g/mol. The molecule has 7 heteroatoms. The highest BCUT2D eigenvalue weighted by atomic mass is 19.4. The molecular formula is C20H23F3N2O2. The standard InChI is InChI=1S/C20H23F3N2O2/c1-5-25(3)13-24-18-12-17(26-4)11-16(14(18)2)10-15-8-6-7-9-19(15)27-20(21,22)23/h6-9,11-13H,5,10H2,1-4H3/b24-13+. The molecule has 0 amide bonds. The Labute approximate surface area is 157 Å². The minimum absolute atomic E-state index is 0.206. The normalized spacial score (nSPS) is 11.7. The Morgan fingerprint density at radius 2 is 1.85 bits per heavy atom. The summed E-state index contributed by atoms with van der Waals surface area (Å²) >= 11 is 0. The lowest BCUT2D eigenvalue weighted by Crippen LogP contribution is -2.18. The molecule has 2 aromatic carbocycles. The summed E-state index contributed by atoms with van der Waals surface area (Å²) in [5.41, 5.74) is 2.84. The molecule has 0 saturated heterocycles. The third-order valence-corrected chi connectivity index (χ3v) is 4.17. The number of hydrogen-bond donors (Lipinski definition) is 0. The lowest BCUT2D eigenvalue weighted by atomic mass is 9.98. The first-order valence-electron chi connectivity index (χ1n) is 8.49. The Morgan fingerprint density at radius 3 is 2.48 bits per heavy atom. The molecule has 2 rings (SSSR count). The predicted octanol–water partition coefficient (Wildman–Crippen LogP) is 5.10. The predicted molar refractivity (Wildman–Crippen MR) is 100 cm³/mol. The largest absolute Gasteiger partial charge is 0.573 e. The van der Waals surface area contributed by atoms with Gasteiger partial charge in [0.05, 0.1) is 19.1 Å². The summed E-state index contributed by atoms with van der Waals surface area (Å²) in [6, 6.07) is 9.74. The van der Waals surface area contributed by atoms with Gasteiger partial charge >= 0.3 is 6.36 Å². The highest BCUT2D eigenvalue weighted by Crippen LogP contribution is 2.33. The first kappa shape index (κ1) is 20.6. The Balaban J connectivity index is 2.41. The van der Waals surface area contributed by atoms with Gasteiger partial charge in [-0.3, -0.25) is 0 Å². The van der Waals surface area contributed by atoms with Crippen molar-refractivity contribution < 1.29 is 22.6 Å². The topological polar surface area (TPSA) is 34.1 Å². The second-order valence-electron chi connectivity index (χ2n) is 6.08. The molecule has 0 saturated carbocycles. The summed E-state index contributed by atoms with van der Waals surface area (Å²) in [5.74, 6) is 0.388. The zero-order chi connectivity index (χ0) is 20.0. The van der Waals surface area contributed by atoms with Crippen molar-refractivity contribution in [2.75, 3.05) is 20.7 Å². The third kappa shape index (κ3) is 5.91. The maximum absolute atomic E-state index is 12.7. The molecule has 2 aromatic rings. The van der Waals surface area contributed by atoms with Crippen molar-refractivity contribution in [3.63, 3.8) is 0 Å². The van der Waals surface area contributed by atoms with Crippen LogP contribution in [-0.4, -0.2) is 38.3 Å². The maximum Gasteiger partial charge on any atom is 0.573 e. The van der Waals surface area contributed by atoms with E-state index in [1.54, 1.807) is 31.6 Å². The number of nitrogens with zero attached hydrogens (tertiary/aromatic N) is 2. The van der Waals surface area contributed by atoms with Crippen molar-refractivity contribution in [1.29, 1.82) is 0 Å². The van der Waals surface area contributed by atoms with Crippen molar-refractivity contribution in [3.8, 4) is 11.5 Å². The van der Waals surface area contributed by atoms with E-state index in [9.17, 15) is 13.2 Å². The third-order valence-electron chi connectivity index (χ3n) is 4.17. The summed E-state index contributed by atoms with van der Waals surface area (Å²) in [6.45, 7) is 4.70. The molecule has 0 unspecified atom stereocenters. The van der Waals surface area contributed by atoms with E-state index in [2.05, 4.69) is 9.73 Å². The number of aliphatic imine (C=N–C) groups is 1. The first-order chi connectivity index (χ1) is 12.7. The van der Waals surface area contributed by atoms with Gasteiger partial charge in [0.25, 0.3) is 0 Å². The Hall–Kier alpha value is -2.70. The van der Waals surface area contributed by atoms with Gasteiger partial charge in [-0.05, 0) is 42.7 Å². The van der Waals surface area contributed by atoms with E-state index in [0.717, 1.165) is 17.7 Å². The van der Waals surface area contributed by atoms with E-state index in [1.807, 2.05) is 31.9 Å². The van der Waals surface area contributed by atoms with Crippen LogP contribution in [0.2, 0.25) is 0 Å². The van der Waals surface area contributed by atoms with Crippen molar-refractivity contribution >= 4 is 12.0 Å². The van der Waals surface area contributed by atoms with Gasteiger partial charge in [-0.1, -0.05) is 18.2 Å². The molecular weight excluding hydrogens is 357 g/mol. The Kier molecular flexibility index (Phi) is 6.71. The molecule has 0 aromatic heterocycles. The maximum atomic E-state index is 12.7. The SMILES string of the molecule is CCN(C)/C=N/c1cc(OC)cc(Cc2ccccc2OC(F)(F)F)c1C. The van der Waals surface area contributed by atoms with E-state index < -0.39 is 6.36 Å². The zero-order valence-electron chi connectivity index (χ0n) is 15.8. The summed E-state index contributed by atoms with van der Waals surface area (Å²) in [6.07, 6.45) is -2.76. The highest BCUT2D eigenvalue weighted by Gasteiger charge is 2.32. The molecule has 0 spiro atoms. The molecule has 0 aliphatic carbocycles. The lowest BCUT2D eigenvalue weighted by molar-refractivity contribution is -0.274. The molecule has 0 bridgehead atoms. The van der Waals surface area contributed by atoms with Crippen LogP contribution in [-0.2, 0) is 6.42 Å². The van der Waals surface area contributed by atoms with E-state index >= 15 is 0 Å². The number of alkyl halides is 3. The van der Waals surface area contributed by atoms with Crippen LogP contribution in [0.3, 0.4) is 0 Å². The summed E-state index contributed by atoms with van der Waals surface area (Å²) in [4.78, 5) is 6.40. The average molecular weight is 380 g/mol. The number of rotatable bonds is 7. The minimum Gasteiger partial charge on any atom is -0.497 e. The van der Waals surface area contributed by atoms with Gasteiger partial charge in [-0.2, -0.15) is 0 Å². The van der Waals surface area contributed by atoms with Crippen LogP contribution < -0.4 is 9.47 Å². The smallest absolute Gasteiger partial charge is 0.497 e. The van der Waals surface area contributed by atoms with Gasteiger partial charge in [-0.25, -0.2) is 4.99 Å². The fraction of sp³-hybridized carbons (Fsp3) is 0.350. The van der Waals surface area contributed by atoms with Crippen LogP contribution in [0.15, 0.2) is 41.4 Å². The Bertz CT molecular complexity index is 804. The molecule has 27 heavy (non-hydrogen) atoms. The molecule has 146 valence electrons. The quantitative estimate of drug-likeness (QED) is 0.495. The number of methoxy groups -OCH3 is 1. The van der Waals surface area contributed by atoms with Gasteiger partial charge in [0.1, 0.15) is 11.5 Å². The minimum atomic E-state index is -4.74. The van der Waals surface area contributed by atoms with E-state index in [1.165, 1.54) is 12.1 Å². The van der Waals surface area contributed by atoms with E-state index in [4.69, 9.17) is 4.74 Å². The van der Waals surface area contributed by atoms with Gasteiger partial charge in [-0.15, -0.1) is 13.2 Å². The fourth-order valence-electron chi connectivity index (χ4n) is 2.49. The van der Waals surface area contributed by atoms with Gasteiger partial charge in [0.15, 0.2) is 0 Å². The van der Waals surface area contributed by atoms with Gasteiger partial charge in [0.2, 0.25) is 0 Å². The molecule has 0 radical (unpaired) electrons. The summed E-state index contributed by atoms with van der Waals surface area (Å²) in [5, 5.41) is 0. The van der Waals surface area contributed by atoms with E-state index in [0.29, 0.717) is 17.0 Å². The van der Waals surface area contributed by atoms with Gasteiger partial charge < -0.3 is 14.4 Å². The molecule has 0 fully saturated rings. The van der Waals surface area contributed by atoms with Crippen molar-refractivity contribution in [2.45, 2.75) is 26.6 Å². The van der Waals surface area contributed by atoms with Crippen LogP contribution in [0.5, 0.6) is 11.5 Å². The molecule has 0 atom stereocenters. The average Bonchev–Trinajstić information content (AvgIpc) is 2.62. The zero-order valence-corrected chi connectivity index (χ0v) is 15.8. The molecule has 0 aliphatic rings. The van der Waals surface area contributed by atoms with Crippen LogP contribution in [0.4, 0.5) is 18.9 Å². The summed E-state index contributed by atoms with van der Waals surface area (Å²) < 4.78 is 47.5. The second-order valence-corrected chi connectivity index (χ2v) is 6.08. The van der Waals surface area contributed by atoms with Crippen LogP contribution in [0, 0.1) is 6.92 Å². The molecule has 0 aliphatic heterocycles.